The highest BCUT2D eigenvalue weighted by molar-refractivity contribution is 5.73. The molecule has 1 aromatic heterocycles. The maximum absolute atomic E-state index is 11.8. The van der Waals surface area contributed by atoms with Crippen molar-refractivity contribution < 1.29 is 9.90 Å². The van der Waals surface area contributed by atoms with Gasteiger partial charge in [0, 0.05) is 32.4 Å². The summed E-state index contributed by atoms with van der Waals surface area (Å²) in [4.78, 5) is 18.4. The third-order valence-electron chi connectivity index (χ3n) is 4.46. The Bertz CT molecular complexity index is 494. The molecule has 1 aliphatic carbocycles. The summed E-state index contributed by atoms with van der Waals surface area (Å²) >= 11 is 0. The largest absolute Gasteiger partial charge is 0.388 e. The lowest BCUT2D eigenvalue weighted by Gasteiger charge is -2.22. The van der Waals surface area contributed by atoms with Crippen LogP contribution < -0.4 is 15.5 Å². The number of carbonyl (C=O) groups excluding carboxylic acids is 1. The molecule has 0 bridgehead atoms. The minimum absolute atomic E-state index is 0.252. The van der Waals surface area contributed by atoms with Crippen molar-refractivity contribution in [3.63, 3.8) is 0 Å². The van der Waals surface area contributed by atoms with Crippen molar-refractivity contribution in [2.45, 2.75) is 51.7 Å². The molecule has 6 nitrogen and oxygen atoms in total. The van der Waals surface area contributed by atoms with Crippen LogP contribution in [-0.2, 0) is 6.54 Å². The van der Waals surface area contributed by atoms with E-state index in [1.807, 2.05) is 12.1 Å². The van der Waals surface area contributed by atoms with Crippen molar-refractivity contribution in [2.75, 3.05) is 24.5 Å². The predicted octanol–water partition coefficient (Wildman–Crippen LogP) is 2.03. The number of aromatic nitrogens is 1. The van der Waals surface area contributed by atoms with E-state index in [1.54, 1.807) is 6.20 Å². The van der Waals surface area contributed by atoms with Gasteiger partial charge in [0.05, 0.1) is 5.60 Å². The van der Waals surface area contributed by atoms with Crippen LogP contribution in [0.3, 0.4) is 0 Å². The molecule has 0 aliphatic heterocycles. The van der Waals surface area contributed by atoms with Crippen LogP contribution in [0, 0.1) is 0 Å². The summed E-state index contributed by atoms with van der Waals surface area (Å²) < 4.78 is 0. The van der Waals surface area contributed by atoms with Gasteiger partial charge in [0.1, 0.15) is 5.82 Å². The van der Waals surface area contributed by atoms with Gasteiger partial charge in [-0.3, -0.25) is 0 Å². The zero-order valence-corrected chi connectivity index (χ0v) is 14.1. The molecule has 0 unspecified atom stereocenters. The van der Waals surface area contributed by atoms with E-state index in [1.165, 1.54) is 0 Å². The van der Waals surface area contributed by atoms with E-state index >= 15 is 0 Å². The Kier molecular flexibility index (Phi) is 6.21. The first-order valence-corrected chi connectivity index (χ1v) is 8.50. The second kappa shape index (κ2) is 8.15. The molecule has 2 amide bonds. The highest BCUT2D eigenvalue weighted by atomic mass is 16.3. The number of hydrogen-bond donors (Lipinski definition) is 3. The molecular formula is C17H28N4O2. The van der Waals surface area contributed by atoms with Gasteiger partial charge in [-0.2, -0.15) is 0 Å². The summed E-state index contributed by atoms with van der Waals surface area (Å²) in [5, 5.41) is 15.8. The van der Waals surface area contributed by atoms with Crippen molar-refractivity contribution in [2.24, 2.45) is 0 Å². The number of hydrogen-bond acceptors (Lipinski definition) is 4. The lowest BCUT2D eigenvalue weighted by molar-refractivity contribution is 0.0501. The van der Waals surface area contributed by atoms with Crippen LogP contribution in [0.2, 0.25) is 0 Å². The molecule has 1 aliphatic rings. The van der Waals surface area contributed by atoms with Crippen molar-refractivity contribution in [3.8, 4) is 0 Å². The lowest BCUT2D eigenvalue weighted by Crippen LogP contribution is -2.44. The van der Waals surface area contributed by atoms with Crippen molar-refractivity contribution in [1.29, 1.82) is 0 Å². The van der Waals surface area contributed by atoms with Crippen LogP contribution in [0.25, 0.3) is 0 Å². The number of urea groups is 1. The fraction of sp³-hybridized carbons (Fsp3) is 0.647. The Morgan fingerprint density at radius 3 is 2.52 bits per heavy atom. The van der Waals surface area contributed by atoms with Crippen LogP contribution in [-0.4, -0.2) is 41.4 Å². The van der Waals surface area contributed by atoms with Gasteiger partial charge in [0.15, 0.2) is 0 Å². The molecule has 0 aromatic carbocycles. The fourth-order valence-electron chi connectivity index (χ4n) is 2.96. The average Bonchev–Trinajstić information content (AvgIpc) is 3.00. The van der Waals surface area contributed by atoms with Crippen LogP contribution in [0.1, 0.15) is 45.1 Å². The Balaban J connectivity index is 1.75. The molecule has 3 N–H and O–H groups in total. The molecule has 6 heteroatoms. The highest BCUT2D eigenvalue weighted by Gasteiger charge is 2.31. The van der Waals surface area contributed by atoms with E-state index in [9.17, 15) is 9.90 Å². The maximum Gasteiger partial charge on any atom is 0.315 e. The molecule has 23 heavy (non-hydrogen) atoms. The number of pyridine rings is 1. The van der Waals surface area contributed by atoms with Crippen LogP contribution >= 0.6 is 0 Å². The van der Waals surface area contributed by atoms with Gasteiger partial charge in [-0.15, -0.1) is 0 Å². The van der Waals surface area contributed by atoms with Gasteiger partial charge >= 0.3 is 6.03 Å². The van der Waals surface area contributed by atoms with Crippen LogP contribution in [0.5, 0.6) is 0 Å². The number of nitrogens with one attached hydrogen (secondary N) is 2. The molecule has 0 radical (unpaired) electrons. The fourth-order valence-corrected chi connectivity index (χ4v) is 2.96. The standard InChI is InChI=1S/C17H28N4O2/c1-3-21(4-2)15-8-7-14(11-18-15)12-19-16(22)20-13-17(23)9-5-6-10-17/h7-8,11,23H,3-6,9-10,12-13H2,1-2H3,(H2,19,20,22). The summed E-state index contributed by atoms with van der Waals surface area (Å²) in [7, 11) is 0. The number of rotatable bonds is 7. The van der Waals surface area contributed by atoms with E-state index in [0.29, 0.717) is 13.1 Å². The molecule has 1 aromatic rings. The molecule has 1 heterocycles. The Hall–Kier alpha value is -1.82. The second-order valence-corrected chi connectivity index (χ2v) is 6.16. The summed E-state index contributed by atoms with van der Waals surface area (Å²) in [6.45, 7) is 6.79. The van der Waals surface area contributed by atoms with Gasteiger partial charge in [-0.25, -0.2) is 9.78 Å². The number of amides is 2. The normalized spacial score (nSPS) is 16.1. The Labute approximate surface area is 138 Å². The first kappa shape index (κ1) is 17.5. The second-order valence-electron chi connectivity index (χ2n) is 6.16. The number of carbonyl (C=O) groups is 1. The molecular weight excluding hydrogens is 292 g/mol. The van der Waals surface area contributed by atoms with Gasteiger partial charge in [-0.1, -0.05) is 18.9 Å². The van der Waals surface area contributed by atoms with E-state index in [2.05, 4.69) is 34.4 Å². The summed E-state index contributed by atoms with van der Waals surface area (Å²) in [5.74, 6) is 0.951. The number of aliphatic hydroxyl groups is 1. The third kappa shape index (κ3) is 5.10. The van der Waals surface area contributed by atoms with Crippen molar-refractivity contribution in [1.82, 2.24) is 15.6 Å². The molecule has 1 fully saturated rings. The predicted molar refractivity (Wildman–Crippen MR) is 91.5 cm³/mol. The first-order valence-electron chi connectivity index (χ1n) is 8.50. The number of nitrogens with zero attached hydrogens (tertiary/aromatic N) is 2. The van der Waals surface area contributed by atoms with E-state index in [-0.39, 0.29) is 6.03 Å². The molecule has 0 atom stereocenters. The highest BCUT2D eigenvalue weighted by Crippen LogP contribution is 2.28. The van der Waals surface area contributed by atoms with Crippen molar-refractivity contribution in [3.05, 3.63) is 23.9 Å². The van der Waals surface area contributed by atoms with Gasteiger partial charge < -0.3 is 20.6 Å². The van der Waals surface area contributed by atoms with Crippen molar-refractivity contribution >= 4 is 11.8 Å². The smallest absolute Gasteiger partial charge is 0.315 e. The Morgan fingerprint density at radius 2 is 1.96 bits per heavy atom. The quantitative estimate of drug-likeness (QED) is 0.718. The summed E-state index contributed by atoms with van der Waals surface area (Å²) in [6, 6.07) is 3.70. The number of anilines is 1. The van der Waals surface area contributed by atoms with Crippen LogP contribution in [0.15, 0.2) is 18.3 Å². The monoisotopic (exact) mass is 320 g/mol. The minimum atomic E-state index is -0.718. The van der Waals surface area contributed by atoms with E-state index in [0.717, 1.165) is 50.2 Å². The third-order valence-corrected chi connectivity index (χ3v) is 4.46. The molecule has 0 spiro atoms. The first-order chi connectivity index (χ1) is 11.1. The molecule has 1 saturated carbocycles. The zero-order valence-electron chi connectivity index (χ0n) is 14.1. The topological polar surface area (TPSA) is 77.5 Å². The lowest BCUT2D eigenvalue weighted by atomic mass is 10.0. The molecule has 2 rings (SSSR count). The minimum Gasteiger partial charge on any atom is -0.388 e. The maximum atomic E-state index is 11.8. The van der Waals surface area contributed by atoms with E-state index < -0.39 is 5.60 Å². The van der Waals surface area contributed by atoms with Crippen LogP contribution in [0.4, 0.5) is 10.6 Å². The van der Waals surface area contributed by atoms with Gasteiger partial charge in [-0.05, 0) is 38.3 Å². The molecule has 0 saturated heterocycles. The SMILES string of the molecule is CCN(CC)c1ccc(CNC(=O)NCC2(O)CCCC2)cn1. The van der Waals surface area contributed by atoms with Gasteiger partial charge in [0.2, 0.25) is 0 Å². The van der Waals surface area contributed by atoms with E-state index in [4.69, 9.17) is 0 Å². The zero-order chi connectivity index (χ0) is 16.7. The average molecular weight is 320 g/mol. The summed E-state index contributed by atoms with van der Waals surface area (Å²) in [6.07, 6.45) is 5.39. The Morgan fingerprint density at radius 1 is 1.26 bits per heavy atom. The summed E-state index contributed by atoms with van der Waals surface area (Å²) in [5.41, 5.74) is 0.236. The van der Waals surface area contributed by atoms with Gasteiger partial charge in [0.25, 0.3) is 0 Å². The molecule has 128 valence electrons.